The molecule has 0 amide bonds. The second kappa shape index (κ2) is 3.75. The Morgan fingerprint density at radius 2 is 1.33 bits per heavy atom. The van der Waals surface area contributed by atoms with Crippen molar-refractivity contribution < 1.29 is 0 Å². The van der Waals surface area contributed by atoms with Gasteiger partial charge in [0.15, 0.2) is 0 Å². The van der Waals surface area contributed by atoms with Crippen LogP contribution in [0.5, 0.6) is 0 Å². The van der Waals surface area contributed by atoms with Gasteiger partial charge in [0, 0.05) is 13.1 Å². The molecule has 2 nitrogen and oxygen atoms in total. The van der Waals surface area contributed by atoms with Gasteiger partial charge in [-0.1, -0.05) is 25.7 Å². The molecule has 2 aliphatic rings. The molecular weight excluding hydrogens is 148 g/mol. The van der Waals surface area contributed by atoms with Crippen LogP contribution in [0.1, 0.15) is 38.5 Å². The minimum Gasteiger partial charge on any atom is -0.269 e. The van der Waals surface area contributed by atoms with Crippen LogP contribution in [0.3, 0.4) is 0 Å². The van der Waals surface area contributed by atoms with Gasteiger partial charge in [0.1, 0.15) is 0 Å². The molecule has 1 saturated carbocycles. The Morgan fingerprint density at radius 3 is 1.92 bits per heavy atom. The lowest BCUT2D eigenvalue weighted by molar-refractivity contribution is 0.150. The van der Waals surface area contributed by atoms with Crippen LogP contribution in [0.2, 0.25) is 0 Å². The van der Waals surface area contributed by atoms with Crippen molar-refractivity contribution in [3.05, 3.63) is 0 Å². The zero-order valence-corrected chi connectivity index (χ0v) is 7.84. The van der Waals surface area contributed by atoms with E-state index in [0.29, 0.717) is 0 Å². The summed E-state index contributed by atoms with van der Waals surface area (Å²) in [5.41, 5.74) is 0. The molecule has 0 aromatic heterocycles. The molecule has 12 heavy (non-hydrogen) atoms. The molecule has 1 aliphatic carbocycles. The van der Waals surface area contributed by atoms with Crippen LogP contribution in [0, 0.1) is 11.8 Å². The Hall–Kier alpha value is -0.0800. The molecule has 1 saturated heterocycles. The van der Waals surface area contributed by atoms with E-state index in [1.54, 1.807) is 0 Å². The Kier molecular flexibility index (Phi) is 2.66. The lowest BCUT2D eigenvalue weighted by atomic mass is 9.84. The quantitative estimate of drug-likeness (QED) is 0.604. The van der Waals surface area contributed by atoms with Gasteiger partial charge in [-0.25, -0.2) is 5.01 Å². The predicted molar refractivity (Wildman–Crippen MR) is 50.4 cm³/mol. The Morgan fingerprint density at radius 1 is 0.833 bits per heavy atom. The normalized spacial score (nSPS) is 29.8. The molecule has 2 N–H and O–H groups in total. The molecule has 0 radical (unpaired) electrons. The average Bonchev–Trinajstić information content (AvgIpc) is 2.58. The molecular formula is C10H20N2. The van der Waals surface area contributed by atoms with Gasteiger partial charge in [-0.05, 0) is 24.7 Å². The van der Waals surface area contributed by atoms with Crippen molar-refractivity contribution >= 4 is 0 Å². The summed E-state index contributed by atoms with van der Waals surface area (Å²) in [6, 6.07) is 0. The second-order valence-electron chi connectivity index (χ2n) is 4.42. The van der Waals surface area contributed by atoms with Gasteiger partial charge >= 0.3 is 0 Å². The molecule has 2 heteroatoms. The fourth-order valence-corrected chi connectivity index (χ4v) is 2.82. The number of piperidine rings is 1. The third kappa shape index (κ3) is 1.80. The van der Waals surface area contributed by atoms with Gasteiger partial charge in [-0.2, -0.15) is 0 Å². The molecule has 2 rings (SSSR count). The average molecular weight is 168 g/mol. The molecule has 2 fully saturated rings. The first kappa shape index (κ1) is 8.52. The molecule has 1 aliphatic heterocycles. The van der Waals surface area contributed by atoms with E-state index in [0.717, 1.165) is 24.9 Å². The van der Waals surface area contributed by atoms with Crippen LogP contribution < -0.4 is 5.84 Å². The Labute approximate surface area is 75.1 Å². The first-order valence-corrected chi connectivity index (χ1v) is 5.36. The molecule has 0 bridgehead atoms. The minimum absolute atomic E-state index is 1.01. The number of hydrogen-bond donors (Lipinski definition) is 1. The van der Waals surface area contributed by atoms with Gasteiger partial charge in [0.2, 0.25) is 0 Å². The fraction of sp³-hybridized carbons (Fsp3) is 1.00. The highest BCUT2D eigenvalue weighted by atomic mass is 15.4. The molecule has 0 atom stereocenters. The van der Waals surface area contributed by atoms with E-state index in [-0.39, 0.29) is 0 Å². The van der Waals surface area contributed by atoms with Gasteiger partial charge < -0.3 is 0 Å². The summed E-state index contributed by atoms with van der Waals surface area (Å²) in [7, 11) is 0. The first-order chi connectivity index (χ1) is 5.86. The lowest BCUT2D eigenvalue weighted by Crippen LogP contribution is -2.40. The number of nitrogens with two attached hydrogens (primary N) is 1. The Balaban J connectivity index is 1.80. The number of hydrazine groups is 1. The molecule has 0 unspecified atom stereocenters. The van der Waals surface area contributed by atoms with E-state index in [1.165, 1.54) is 38.5 Å². The van der Waals surface area contributed by atoms with Crippen molar-refractivity contribution in [2.45, 2.75) is 38.5 Å². The van der Waals surface area contributed by atoms with E-state index in [2.05, 4.69) is 0 Å². The standard InChI is InChI=1S/C10H20N2/c11-12-7-5-10(6-8-12)9-3-1-2-4-9/h9-10H,1-8,11H2. The van der Waals surface area contributed by atoms with Crippen LogP contribution in [-0.4, -0.2) is 18.1 Å². The minimum atomic E-state index is 1.01. The van der Waals surface area contributed by atoms with Crippen LogP contribution in [-0.2, 0) is 0 Å². The van der Waals surface area contributed by atoms with Crippen LogP contribution in [0.15, 0.2) is 0 Å². The highest BCUT2D eigenvalue weighted by Gasteiger charge is 2.27. The van der Waals surface area contributed by atoms with Gasteiger partial charge in [-0.15, -0.1) is 0 Å². The maximum absolute atomic E-state index is 5.73. The highest BCUT2D eigenvalue weighted by Crippen LogP contribution is 2.36. The number of rotatable bonds is 1. The summed E-state index contributed by atoms with van der Waals surface area (Å²) in [6.07, 6.45) is 8.65. The molecule has 0 spiro atoms. The maximum Gasteiger partial charge on any atom is 0.0131 e. The summed E-state index contributed by atoms with van der Waals surface area (Å²) >= 11 is 0. The van der Waals surface area contributed by atoms with Crippen molar-refractivity contribution in [2.75, 3.05) is 13.1 Å². The van der Waals surface area contributed by atoms with E-state index in [1.807, 2.05) is 5.01 Å². The van der Waals surface area contributed by atoms with Gasteiger partial charge in [0.25, 0.3) is 0 Å². The second-order valence-corrected chi connectivity index (χ2v) is 4.42. The largest absolute Gasteiger partial charge is 0.269 e. The summed E-state index contributed by atoms with van der Waals surface area (Å²) < 4.78 is 0. The summed E-state index contributed by atoms with van der Waals surface area (Å²) in [5, 5.41) is 1.98. The van der Waals surface area contributed by atoms with Crippen LogP contribution in [0.4, 0.5) is 0 Å². The topological polar surface area (TPSA) is 29.3 Å². The van der Waals surface area contributed by atoms with Crippen molar-refractivity contribution in [3.63, 3.8) is 0 Å². The van der Waals surface area contributed by atoms with Gasteiger partial charge in [-0.3, -0.25) is 5.84 Å². The van der Waals surface area contributed by atoms with Crippen molar-refractivity contribution in [1.29, 1.82) is 0 Å². The predicted octanol–water partition coefficient (Wildman–Crippen LogP) is 1.76. The summed E-state index contributed by atoms with van der Waals surface area (Å²) in [5.74, 6) is 7.79. The van der Waals surface area contributed by atoms with Gasteiger partial charge in [0.05, 0.1) is 0 Å². The van der Waals surface area contributed by atoms with E-state index >= 15 is 0 Å². The SMILES string of the molecule is NN1CCC(C2CCCC2)CC1. The highest BCUT2D eigenvalue weighted by molar-refractivity contribution is 4.79. The molecule has 70 valence electrons. The monoisotopic (exact) mass is 168 g/mol. The molecule has 1 heterocycles. The van der Waals surface area contributed by atoms with Crippen molar-refractivity contribution in [2.24, 2.45) is 17.7 Å². The van der Waals surface area contributed by atoms with E-state index in [4.69, 9.17) is 5.84 Å². The third-order valence-electron chi connectivity index (χ3n) is 3.64. The fourth-order valence-electron chi connectivity index (χ4n) is 2.82. The number of hydrogen-bond acceptors (Lipinski definition) is 2. The summed E-state index contributed by atoms with van der Waals surface area (Å²) in [4.78, 5) is 0. The van der Waals surface area contributed by atoms with Crippen LogP contribution in [0.25, 0.3) is 0 Å². The lowest BCUT2D eigenvalue weighted by Gasteiger charge is -2.32. The van der Waals surface area contributed by atoms with Crippen molar-refractivity contribution in [3.8, 4) is 0 Å². The smallest absolute Gasteiger partial charge is 0.0131 e. The molecule has 0 aromatic rings. The van der Waals surface area contributed by atoms with E-state index < -0.39 is 0 Å². The zero-order chi connectivity index (χ0) is 8.39. The van der Waals surface area contributed by atoms with Crippen molar-refractivity contribution in [1.82, 2.24) is 5.01 Å². The Bertz CT molecular complexity index is 133. The van der Waals surface area contributed by atoms with E-state index in [9.17, 15) is 0 Å². The first-order valence-electron chi connectivity index (χ1n) is 5.36. The number of nitrogens with zero attached hydrogens (tertiary/aromatic N) is 1. The van der Waals surface area contributed by atoms with Crippen LogP contribution >= 0.6 is 0 Å². The summed E-state index contributed by atoms with van der Waals surface area (Å²) in [6.45, 7) is 2.25. The molecule has 0 aromatic carbocycles. The third-order valence-corrected chi connectivity index (χ3v) is 3.64. The maximum atomic E-state index is 5.73. The zero-order valence-electron chi connectivity index (χ0n) is 7.84.